The predicted molar refractivity (Wildman–Crippen MR) is 77.5 cm³/mol. The van der Waals surface area contributed by atoms with Crippen molar-refractivity contribution in [3.63, 3.8) is 0 Å². The van der Waals surface area contributed by atoms with E-state index in [1.165, 1.54) is 6.42 Å². The van der Waals surface area contributed by atoms with Crippen molar-refractivity contribution in [1.29, 1.82) is 0 Å². The van der Waals surface area contributed by atoms with Gasteiger partial charge in [-0.3, -0.25) is 4.79 Å². The summed E-state index contributed by atoms with van der Waals surface area (Å²) in [6.07, 6.45) is 4.68. The zero-order chi connectivity index (χ0) is 15.1. The molecule has 0 radical (unpaired) electrons. The first-order valence-corrected chi connectivity index (χ1v) is 8.56. The zero-order valence-corrected chi connectivity index (χ0v) is 12.9. The molecule has 7 heteroatoms. The van der Waals surface area contributed by atoms with Gasteiger partial charge in [-0.1, -0.05) is 19.3 Å². The van der Waals surface area contributed by atoms with Gasteiger partial charge >= 0.3 is 8.03 Å². The van der Waals surface area contributed by atoms with Crippen LogP contribution in [0.5, 0.6) is 0 Å². The molecule has 116 valence electrons. The Balaban J connectivity index is 2.44. The Morgan fingerprint density at radius 3 is 2.50 bits per heavy atom. The third-order valence-electron chi connectivity index (χ3n) is 3.92. The lowest BCUT2D eigenvalue weighted by Gasteiger charge is -2.24. The number of rotatable bonds is 7. The molecule has 0 bridgehead atoms. The van der Waals surface area contributed by atoms with Gasteiger partial charge in [-0.2, -0.15) is 4.89 Å². The van der Waals surface area contributed by atoms with Crippen molar-refractivity contribution in [2.75, 3.05) is 6.54 Å². The fraction of sp³-hybridized carbons (Fsp3) is 0.923. The van der Waals surface area contributed by atoms with Gasteiger partial charge in [0.15, 0.2) is 5.66 Å². The Morgan fingerprint density at radius 1 is 1.40 bits per heavy atom. The lowest BCUT2D eigenvalue weighted by Crippen LogP contribution is -2.42. The molecule has 1 amide bonds. The van der Waals surface area contributed by atoms with E-state index in [1.54, 1.807) is 6.92 Å². The maximum atomic E-state index is 11.5. The highest BCUT2D eigenvalue weighted by Gasteiger charge is 2.39. The summed E-state index contributed by atoms with van der Waals surface area (Å²) in [5.41, 5.74) is 5.03. The molecule has 0 spiro atoms. The summed E-state index contributed by atoms with van der Waals surface area (Å²) < 4.78 is 11.5. The van der Waals surface area contributed by atoms with Gasteiger partial charge in [-0.15, -0.1) is 0 Å². The first kappa shape index (κ1) is 17.5. The number of nitrogens with one attached hydrogen (secondary N) is 1. The van der Waals surface area contributed by atoms with Crippen molar-refractivity contribution in [3.8, 4) is 0 Å². The number of aliphatic hydroxyl groups excluding tert-OH is 1. The van der Waals surface area contributed by atoms with Gasteiger partial charge in [0.25, 0.3) is 0 Å². The number of carbonyl (C=O) groups is 1. The van der Waals surface area contributed by atoms with Crippen molar-refractivity contribution >= 4 is 13.9 Å². The predicted octanol–water partition coefficient (Wildman–Crippen LogP) is 0.884. The van der Waals surface area contributed by atoms with Crippen LogP contribution in [0, 0.1) is 5.92 Å². The van der Waals surface area contributed by atoms with E-state index in [4.69, 9.17) is 5.73 Å². The monoisotopic (exact) mass is 305 g/mol. The quantitative estimate of drug-likeness (QED) is 0.522. The molecule has 1 saturated carbocycles. The molecule has 0 aromatic carbocycles. The van der Waals surface area contributed by atoms with Crippen LogP contribution in [0.25, 0.3) is 0 Å². The van der Waals surface area contributed by atoms with Crippen LogP contribution in [0.3, 0.4) is 0 Å². The SMILES string of the molecule is C[C@@H](N)C(=O)NC[C@H](O)CC(C1CCCCC1)[P+](=O)O. The Bertz CT molecular complexity index is 332. The van der Waals surface area contributed by atoms with Crippen LogP contribution in [0.15, 0.2) is 0 Å². The molecule has 20 heavy (non-hydrogen) atoms. The molecule has 2 unspecified atom stereocenters. The van der Waals surface area contributed by atoms with Crippen LogP contribution in [0.1, 0.15) is 45.4 Å². The van der Waals surface area contributed by atoms with Gasteiger partial charge in [0.05, 0.1) is 12.1 Å². The average molecular weight is 305 g/mol. The van der Waals surface area contributed by atoms with Crippen molar-refractivity contribution in [3.05, 3.63) is 0 Å². The maximum absolute atomic E-state index is 11.5. The van der Waals surface area contributed by atoms with E-state index in [2.05, 4.69) is 5.32 Å². The summed E-state index contributed by atoms with van der Waals surface area (Å²) in [6, 6.07) is -0.620. The summed E-state index contributed by atoms with van der Waals surface area (Å²) in [4.78, 5) is 20.8. The van der Waals surface area contributed by atoms with E-state index in [9.17, 15) is 19.4 Å². The first-order chi connectivity index (χ1) is 9.41. The highest BCUT2D eigenvalue weighted by atomic mass is 31.1. The Morgan fingerprint density at radius 2 is 2.00 bits per heavy atom. The van der Waals surface area contributed by atoms with Crippen molar-refractivity contribution < 1.29 is 19.4 Å². The molecule has 5 N–H and O–H groups in total. The van der Waals surface area contributed by atoms with Crippen LogP contribution < -0.4 is 11.1 Å². The lowest BCUT2D eigenvalue weighted by molar-refractivity contribution is -0.122. The molecule has 1 aliphatic rings. The van der Waals surface area contributed by atoms with Gasteiger partial charge in [0.2, 0.25) is 5.91 Å². The van der Waals surface area contributed by atoms with E-state index in [0.29, 0.717) is 0 Å². The van der Waals surface area contributed by atoms with E-state index in [0.717, 1.165) is 25.7 Å². The molecule has 1 rings (SSSR count). The van der Waals surface area contributed by atoms with E-state index < -0.39 is 20.2 Å². The summed E-state index contributed by atoms with van der Waals surface area (Å²) in [5.74, 6) is -0.122. The fourth-order valence-electron chi connectivity index (χ4n) is 2.72. The van der Waals surface area contributed by atoms with Crippen molar-refractivity contribution in [1.82, 2.24) is 5.32 Å². The second-order valence-electron chi connectivity index (χ2n) is 5.69. The smallest absolute Gasteiger partial charge is 0.391 e. The standard InChI is InChI=1S/C13H25N2O4P/c1-9(14)13(17)15-8-11(16)7-12(20(18)19)10-5-3-2-4-6-10/h9-12,16H,2-8,14H2,1H3,(H-,15,17,18,19)/p+1/t9-,11-,12?/m1/s1. The number of hydrogen-bond acceptors (Lipinski definition) is 4. The summed E-state index contributed by atoms with van der Waals surface area (Å²) >= 11 is 0. The zero-order valence-electron chi connectivity index (χ0n) is 12.0. The summed E-state index contributed by atoms with van der Waals surface area (Å²) in [7, 11) is -2.31. The number of carbonyl (C=O) groups excluding carboxylic acids is 1. The van der Waals surface area contributed by atoms with Gasteiger partial charge < -0.3 is 16.2 Å². The fourth-order valence-corrected chi connectivity index (χ4v) is 3.81. The maximum Gasteiger partial charge on any atom is 0.509 e. The third kappa shape index (κ3) is 5.83. The van der Waals surface area contributed by atoms with Crippen LogP contribution in [0.4, 0.5) is 0 Å². The van der Waals surface area contributed by atoms with Gasteiger partial charge in [0.1, 0.15) is 0 Å². The first-order valence-electron chi connectivity index (χ1n) is 7.28. The van der Waals surface area contributed by atoms with Gasteiger partial charge in [-0.05, 0) is 24.3 Å². The molecule has 4 atom stereocenters. The Labute approximate surface area is 121 Å². The molecule has 1 fully saturated rings. The summed E-state index contributed by atoms with van der Waals surface area (Å²) in [6.45, 7) is 1.64. The van der Waals surface area contributed by atoms with Crippen LogP contribution in [-0.4, -0.2) is 40.3 Å². The Kier molecular flexibility index (Phi) is 7.59. The molecular formula is C13H26N2O4P+. The number of hydrogen-bond donors (Lipinski definition) is 4. The minimum absolute atomic E-state index is 0.0762. The molecule has 6 nitrogen and oxygen atoms in total. The molecule has 0 aliphatic heterocycles. The number of nitrogens with two attached hydrogens (primary N) is 1. The third-order valence-corrected chi connectivity index (χ3v) is 5.12. The van der Waals surface area contributed by atoms with Crippen LogP contribution in [-0.2, 0) is 9.36 Å². The molecule has 0 aromatic heterocycles. The highest BCUT2D eigenvalue weighted by molar-refractivity contribution is 7.38. The molecule has 1 aliphatic carbocycles. The van der Waals surface area contributed by atoms with Gasteiger partial charge in [-0.25, -0.2) is 0 Å². The second-order valence-corrected chi connectivity index (χ2v) is 6.96. The van der Waals surface area contributed by atoms with E-state index in [-0.39, 0.29) is 30.4 Å². The minimum Gasteiger partial charge on any atom is -0.391 e. The molecular weight excluding hydrogens is 279 g/mol. The lowest BCUT2D eigenvalue weighted by atomic mass is 9.85. The molecule has 0 aromatic rings. The minimum atomic E-state index is -2.31. The van der Waals surface area contributed by atoms with Crippen LogP contribution in [0.2, 0.25) is 0 Å². The number of aliphatic hydroxyl groups is 1. The average Bonchev–Trinajstić information content (AvgIpc) is 2.42. The Hall–Kier alpha value is -0.550. The van der Waals surface area contributed by atoms with Gasteiger partial charge in [0, 0.05) is 18.9 Å². The molecule has 0 saturated heterocycles. The van der Waals surface area contributed by atoms with E-state index in [1.807, 2.05) is 0 Å². The van der Waals surface area contributed by atoms with E-state index >= 15 is 0 Å². The highest BCUT2D eigenvalue weighted by Crippen LogP contribution is 2.40. The normalized spacial score (nSPS) is 21.9. The van der Waals surface area contributed by atoms with Crippen LogP contribution >= 0.6 is 8.03 Å². The number of amides is 1. The largest absolute Gasteiger partial charge is 0.509 e. The second kappa shape index (κ2) is 8.67. The van der Waals surface area contributed by atoms with Crippen molar-refractivity contribution in [2.45, 2.75) is 63.3 Å². The summed E-state index contributed by atoms with van der Waals surface area (Å²) in [5, 5.41) is 12.5. The van der Waals surface area contributed by atoms with Crippen molar-refractivity contribution in [2.24, 2.45) is 11.7 Å². The topological polar surface area (TPSA) is 113 Å². The molecule has 0 heterocycles.